The van der Waals surface area contributed by atoms with Crippen molar-refractivity contribution in [3.05, 3.63) is 24.3 Å². The number of carbonyl (C=O) groups excluding carboxylic acids is 1. The van der Waals surface area contributed by atoms with E-state index in [1.807, 2.05) is 0 Å². The first kappa shape index (κ1) is 9.54. The molecule has 0 saturated heterocycles. The first-order chi connectivity index (χ1) is 6.22. The topological polar surface area (TPSA) is 61.5 Å². The van der Waals surface area contributed by atoms with Crippen molar-refractivity contribution in [1.82, 2.24) is 0 Å². The highest BCUT2D eigenvalue weighted by Gasteiger charge is 2.02. The van der Waals surface area contributed by atoms with Gasteiger partial charge in [-0.15, -0.1) is 0 Å². The van der Waals surface area contributed by atoms with Crippen LogP contribution in [0.1, 0.15) is 0 Å². The van der Waals surface area contributed by atoms with Crippen LogP contribution in [0, 0.1) is 0 Å². The van der Waals surface area contributed by atoms with E-state index in [1.54, 1.807) is 24.3 Å². The molecule has 0 heterocycles. The van der Waals surface area contributed by atoms with Gasteiger partial charge in [0.05, 0.1) is 0 Å². The molecule has 0 amide bonds. The van der Waals surface area contributed by atoms with E-state index in [2.05, 4.69) is 4.74 Å². The molecule has 0 radical (unpaired) electrons. The summed E-state index contributed by atoms with van der Waals surface area (Å²) in [5, 5.41) is 0. The molecular weight excluding hydrogens is 170 g/mol. The summed E-state index contributed by atoms with van der Waals surface area (Å²) in [5.41, 5.74) is 6.08. The summed E-state index contributed by atoms with van der Waals surface area (Å²) >= 11 is 0. The molecule has 0 aliphatic rings. The van der Waals surface area contributed by atoms with Crippen LogP contribution in [-0.4, -0.2) is 19.7 Å². The average Bonchev–Trinajstić information content (AvgIpc) is 2.09. The number of benzene rings is 1. The van der Waals surface area contributed by atoms with Gasteiger partial charge in [0, 0.05) is 12.8 Å². The van der Waals surface area contributed by atoms with Gasteiger partial charge in [-0.05, 0) is 24.3 Å². The largest absolute Gasteiger partial charge is 0.425 e. The third-order valence-corrected chi connectivity index (χ3v) is 1.37. The van der Waals surface area contributed by atoms with Gasteiger partial charge in [-0.3, -0.25) is 0 Å². The van der Waals surface area contributed by atoms with E-state index >= 15 is 0 Å². The van der Waals surface area contributed by atoms with Gasteiger partial charge in [-0.25, -0.2) is 4.79 Å². The summed E-state index contributed by atoms with van der Waals surface area (Å²) < 4.78 is 9.49. The maximum atomic E-state index is 10.9. The predicted molar refractivity (Wildman–Crippen MR) is 48.4 cm³/mol. The quantitative estimate of drug-likeness (QED) is 0.426. The van der Waals surface area contributed by atoms with Gasteiger partial charge in [-0.1, -0.05) is 0 Å². The Hall–Kier alpha value is -1.55. The lowest BCUT2D eigenvalue weighted by molar-refractivity contribution is -0.138. The number of hydrogen-bond donors (Lipinski definition) is 1. The Bertz CT molecular complexity index is 281. The lowest BCUT2D eigenvalue weighted by Gasteiger charge is -2.02. The van der Waals surface area contributed by atoms with Gasteiger partial charge in [-0.2, -0.15) is 0 Å². The number of anilines is 1. The van der Waals surface area contributed by atoms with Gasteiger partial charge in [0.25, 0.3) is 0 Å². The van der Waals surface area contributed by atoms with Crippen LogP contribution < -0.4 is 10.5 Å². The number of nitrogens with two attached hydrogens (primary N) is 1. The number of methoxy groups -OCH3 is 1. The van der Waals surface area contributed by atoms with Gasteiger partial charge in [0.15, 0.2) is 0 Å². The average molecular weight is 181 g/mol. The molecule has 13 heavy (non-hydrogen) atoms. The van der Waals surface area contributed by atoms with E-state index in [-0.39, 0.29) is 6.61 Å². The van der Waals surface area contributed by atoms with Crippen molar-refractivity contribution in [1.29, 1.82) is 0 Å². The molecule has 0 bridgehead atoms. The summed E-state index contributed by atoms with van der Waals surface area (Å²) in [7, 11) is 1.43. The third kappa shape index (κ3) is 3.13. The lowest BCUT2D eigenvalue weighted by atomic mass is 10.3. The first-order valence-electron chi connectivity index (χ1n) is 3.77. The highest BCUT2D eigenvalue weighted by molar-refractivity contribution is 5.73. The monoisotopic (exact) mass is 181 g/mol. The fourth-order valence-electron chi connectivity index (χ4n) is 0.815. The molecule has 0 fully saturated rings. The number of esters is 1. The minimum Gasteiger partial charge on any atom is -0.425 e. The number of carbonyl (C=O) groups is 1. The standard InChI is InChI=1S/C9H11NO3/c1-12-6-9(11)13-8-4-2-7(10)3-5-8/h2-5H,6,10H2,1H3. The highest BCUT2D eigenvalue weighted by Crippen LogP contribution is 2.12. The Balaban J connectivity index is 2.54. The van der Waals surface area contributed by atoms with Crippen LogP contribution in [0.2, 0.25) is 0 Å². The molecule has 0 spiro atoms. The van der Waals surface area contributed by atoms with Crippen LogP contribution >= 0.6 is 0 Å². The van der Waals surface area contributed by atoms with Crippen molar-refractivity contribution in [2.24, 2.45) is 0 Å². The SMILES string of the molecule is COCC(=O)Oc1ccc(N)cc1. The lowest BCUT2D eigenvalue weighted by Crippen LogP contribution is -2.13. The second kappa shape index (κ2) is 4.47. The summed E-state index contributed by atoms with van der Waals surface area (Å²) in [6, 6.07) is 6.58. The zero-order valence-corrected chi connectivity index (χ0v) is 7.32. The molecule has 1 aromatic rings. The van der Waals surface area contributed by atoms with Crippen LogP contribution in [0.25, 0.3) is 0 Å². The van der Waals surface area contributed by atoms with Crippen molar-refractivity contribution in [2.75, 3.05) is 19.5 Å². The smallest absolute Gasteiger partial charge is 0.337 e. The molecule has 2 N–H and O–H groups in total. The Morgan fingerprint density at radius 3 is 2.54 bits per heavy atom. The maximum Gasteiger partial charge on any atom is 0.337 e. The van der Waals surface area contributed by atoms with Gasteiger partial charge < -0.3 is 15.2 Å². The van der Waals surface area contributed by atoms with E-state index in [0.29, 0.717) is 11.4 Å². The molecule has 0 saturated carbocycles. The number of nitrogen functional groups attached to an aromatic ring is 1. The summed E-state index contributed by atoms with van der Waals surface area (Å²) in [4.78, 5) is 10.9. The van der Waals surface area contributed by atoms with E-state index in [0.717, 1.165) is 0 Å². The molecule has 4 nitrogen and oxygen atoms in total. The van der Waals surface area contributed by atoms with Crippen molar-refractivity contribution < 1.29 is 14.3 Å². The van der Waals surface area contributed by atoms with Crippen molar-refractivity contribution >= 4 is 11.7 Å². The minimum atomic E-state index is -0.424. The molecule has 1 rings (SSSR count). The Kier molecular flexibility index (Phi) is 3.28. The molecule has 0 aliphatic carbocycles. The minimum absolute atomic E-state index is 0.0512. The fraction of sp³-hybridized carbons (Fsp3) is 0.222. The second-order valence-corrected chi connectivity index (χ2v) is 2.48. The number of ether oxygens (including phenoxy) is 2. The first-order valence-corrected chi connectivity index (χ1v) is 3.77. The van der Waals surface area contributed by atoms with E-state index < -0.39 is 5.97 Å². The summed E-state index contributed by atoms with van der Waals surface area (Å²) in [5.74, 6) is 0.0449. The van der Waals surface area contributed by atoms with Crippen molar-refractivity contribution in [2.45, 2.75) is 0 Å². The Morgan fingerprint density at radius 2 is 2.00 bits per heavy atom. The zero-order valence-electron chi connectivity index (χ0n) is 7.32. The number of rotatable bonds is 3. The van der Waals surface area contributed by atoms with Crippen LogP contribution in [0.3, 0.4) is 0 Å². The highest BCUT2D eigenvalue weighted by atomic mass is 16.6. The zero-order chi connectivity index (χ0) is 9.68. The number of hydrogen-bond acceptors (Lipinski definition) is 4. The van der Waals surface area contributed by atoms with Crippen LogP contribution in [0.5, 0.6) is 5.75 Å². The summed E-state index contributed by atoms with van der Waals surface area (Å²) in [6.45, 7) is -0.0512. The fourth-order valence-corrected chi connectivity index (χ4v) is 0.815. The van der Waals surface area contributed by atoms with E-state index in [9.17, 15) is 4.79 Å². The van der Waals surface area contributed by atoms with Crippen LogP contribution in [0.15, 0.2) is 24.3 Å². The normalized spacial score (nSPS) is 9.62. The predicted octanol–water partition coefficient (Wildman–Crippen LogP) is 0.821. The molecule has 0 aliphatic heterocycles. The van der Waals surface area contributed by atoms with Crippen molar-refractivity contribution in [3.63, 3.8) is 0 Å². The van der Waals surface area contributed by atoms with Gasteiger partial charge in [0.1, 0.15) is 12.4 Å². The van der Waals surface area contributed by atoms with E-state index in [1.165, 1.54) is 7.11 Å². The van der Waals surface area contributed by atoms with Crippen molar-refractivity contribution in [3.8, 4) is 5.75 Å². The van der Waals surface area contributed by atoms with Gasteiger partial charge in [0.2, 0.25) is 0 Å². The van der Waals surface area contributed by atoms with E-state index in [4.69, 9.17) is 10.5 Å². The Morgan fingerprint density at radius 1 is 1.38 bits per heavy atom. The second-order valence-electron chi connectivity index (χ2n) is 2.48. The molecule has 0 atom stereocenters. The van der Waals surface area contributed by atoms with Gasteiger partial charge >= 0.3 is 5.97 Å². The summed E-state index contributed by atoms with van der Waals surface area (Å²) in [6.07, 6.45) is 0. The molecular formula is C9H11NO3. The van der Waals surface area contributed by atoms with Crippen LogP contribution in [0.4, 0.5) is 5.69 Å². The Labute approximate surface area is 76.3 Å². The van der Waals surface area contributed by atoms with Crippen LogP contribution in [-0.2, 0) is 9.53 Å². The molecule has 70 valence electrons. The molecule has 4 heteroatoms. The molecule has 1 aromatic carbocycles. The maximum absolute atomic E-state index is 10.9. The third-order valence-electron chi connectivity index (χ3n) is 1.37. The molecule has 0 unspecified atom stereocenters. The molecule has 0 aromatic heterocycles.